The highest BCUT2D eigenvalue weighted by Gasteiger charge is 2.40. The summed E-state index contributed by atoms with van der Waals surface area (Å²) in [5.41, 5.74) is 8.21. The minimum atomic E-state index is -0.100. The van der Waals surface area contributed by atoms with Crippen molar-refractivity contribution in [2.75, 3.05) is 14.2 Å². The van der Waals surface area contributed by atoms with Gasteiger partial charge in [0.2, 0.25) is 0 Å². The summed E-state index contributed by atoms with van der Waals surface area (Å²) >= 11 is 0. The summed E-state index contributed by atoms with van der Waals surface area (Å²) in [5.74, 6) is 2.15. The van der Waals surface area contributed by atoms with Gasteiger partial charge in [-0.2, -0.15) is 5.10 Å². The number of hydrogen-bond acceptors (Lipinski definition) is 5. The number of nitrogens with two attached hydrogens (primary N) is 1. The van der Waals surface area contributed by atoms with Gasteiger partial charge in [0.1, 0.15) is 5.69 Å². The van der Waals surface area contributed by atoms with Crippen LogP contribution in [-0.4, -0.2) is 42.4 Å². The van der Waals surface area contributed by atoms with Gasteiger partial charge in [-0.1, -0.05) is 6.42 Å². The molecule has 4 N–H and O–H groups in total. The Morgan fingerprint density at radius 1 is 1.14 bits per heavy atom. The van der Waals surface area contributed by atoms with Gasteiger partial charge in [-0.15, -0.1) is 0 Å². The highest BCUT2D eigenvalue weighted by atomic mass is 16.5. The van der Waals surface area contributed by atoms with E-state index in [0.717, 1.165) is 31.2 Å². The number of carbonyl (C=O) groups excluding carboxylic acids is 1. The van der Waals surface area contributed by atoms with Crippen molar-refractivity contribution in [3.8, 4) is 22.8 Å². The summed E-state index contributed by atoms with van der Waals surface area (Å²) in [6.45, 7) is 0. The molecule has 28 heavy (non-hydrogen) atoms. The number of methoxy groups -OCH3 is 2. The first-order valence-electron chi connectivity index (χ1n) is 9.93. The molecule has 2 bridgehead atoms. The largest absolute Gasteiger partial charge is 0.493 e. The summed E-state index contributed by atoms with van der Waals surface area (Å²) in [6.07, 6.45) is 5.54. The van der Waals surface area contributed by atoms with Gasteiger partial charge in [0.15, 0.2) is 11.5 Å². The third-order valence-corrected chi connectivity index (χ3v) is 6.18. The van der Waals surface area contributed by atoms with Crippen LogP contribution in [0.3, 0.4) is 0 Å². The number of aromatic amines is 1. The molecular weight excluding hydrogens is 356 g/mol. The molecule has 2 aromatic rings. The minimum absolute atomic E-state index is 0.100. The van der Waals surface area contributed by atoms with Crippen molar-refractivity contribution < 1.29 is 14.3 Å². The zero-order valence-corrected chi connectivity index (χ0v) is 16.4. The van der Waals surface area contributed by atoms with Gasteiger partial charge in [0.25, 0.3) is 5.91 Å². The first-order chi connectivity index (χ1) is 13.6. The van der Waals surface area contributed by atoms with Gasteiger partial charge in [0.05, 0.1) is 19.9 Å². The number of aromatic nitrogens is 2. The standard InChI is InChI=1S/C21H28N4O3/c1-27-18-7-6-12(10-19(18)28-2)16-11-17(25-24-16)21(26)23-20-13-4-3-5-14(20)9-15(22)8-13/h6-7,10-11,13-15,20H,3-5,8-9,22H2,1-2H3,(H,23,26)(H,24,25). The van der Waals surface area contributed by atoms with Crippen LogP contribution in [-0.2, 0) is 0 Å². The Labute approximate surface area is 165 Å². The third-order valence-electron chi connectivity index (χ3n) is 6.18. The highest BCUT2D eigenvalue weighted by molar-refractivity contribution is 5.93. The van der Waals surface area contributed by atoms with Crippen LogP contribution in [0.15, 0.2) is 24.3 Å². The second-order valence-electron chi connectivity index (χ2n) is 7.92. The fourth-order valence-electron chi connectivity index (χ4n) is 4.84. The Morgan fingerprint density at radius 2 is 1.86 bits per heavy atom. The number of amides is 1. The molecule has 2 unspecified atom stereocenters. The molecule has 7 heteroatoms. The fraction of sp³-hybridized carbons (Fsp3) is 0.524. The van der Waals surface area contributed by atoms with Gasteiger partial charge < -0.3 is 20.5 Å². The summed E-state index contributed by atoms with van der Waals surface area (Å²) in [4.78, 5) is 12.8. The lowest BCUT2D eigenvalue weighted by Gasteiger charge is -2.45. The van der Waals surface area contributed by atoms with Gasteiger partial charge in [-0.25, -0.2) is 0 Å². The van der Waals surface area contributed by atoms with E-state index in [0.29, 0.717) is 34.7 Å². The van der Waals surface area contributed by atoms with Gasteiger partial charge in [0, 0.05) is 17.6 Å². The van der Waals surface area contributed by atoms with Gasteiger partial charge in [-0.05, 0) is 61.8 Å². The molecule has 0 saturated heterocycles. The lowest BCUT2D eigenvalue weighted by atomic mass is 9.67. The molecule has 1 amide bonds. The van der Waals surface area contributed by atoms with Crippen LogP contribution in [0.25, 0.3) is 11.3 Å². The maximum atomic E-state index is 12.8. The first kappa shape index (κ1) is 18.8. The molecular formula is C21H28N4O3. The van der Waals surface area contributed by atoms with Crippen molar-refractivity contribution in [3.63, 3.8) is 0 Å². The molecule has 0 radical (unpaired) electrons. The SMILES string of the molecule is COc1ccc(-c2cc(C(=O)NC3C4CCCC3CC(N)C4)[nH]n2)cc1OC. The van der Waals surface area contributed by atoms with Crippen LogP contribution in [0, 0.1) is 11.8 Å². The zero-order valence-electron chi connectivity index (χ0n) is 16.4. The smallest absolute Gasteiger partial charge is 0.269 e. The van der Waals surface area contributed by atoms with E-state index < -0.39 is 0 Å². The average Bonchev–Trinajstić information content (AvgIpc) is 3.18. The normalized spacial score (nSPS) is 26.5. The maximum absolute atomic E-state index is 12.8. The Bertz CT molecular complexity index is 836. The van der Waals surface area contributed by atoms with Crippen LogP contribution in [0.4, 0.5) is 0 Å². The molecule has 2 atom stereocenters. The minimum Gasteiger partial charge on any atom is -0.493 e. The van der Waals surface area contributed by atoms with E-state index in [1.165, 1.54) is 6.42 Å². The molecule has 0 aliphatic heterocycles. The molecule has 1 aromatic carbocycles. The van der Waals surface area contributed by atoms with E-state index in [9.17, 15) is 4.79 Å². The van der Waals surface area contributed by atoms with E-state index >= 15 is 0 Å². The quantitative estimate of drug-likeness (QED) is 0.736. The topological polar surface area (TPSA) is 102 Å². The predicted molar refractivity (Wildman–Crippen MR) is 106 cm³/mol. The number of nitrogens with one attached hydrogen (secondary N) is 2. The molecule has 0 spiro atoms. The fourth-order valence-corrected chi connectivity index (χ4v) is 4.84. The number of H-pyrrole nitrogens is 1. The van der Waals surface area contributed by atoms with E-state index in [4.69, 9.17) is 15.2 Å². The molecule has 2 aliphatic carbocycles. The Kier molecular flexibility index (Phi) is 5.26. The van der Waals surface area contributed by atoms with Crippen LogP contribution in [0.1, 0.15) is 42.6 Å². The maximum Gasteiger partial charge on any atom is 0.269 e. The summed E-state index contributed by atoms with van der Waals surface area (Å²) in [5, 5.41) is 10.4. The van der Waals surface area contributed by atoms with E-state index in [1.807, 2.05) is 18.2 Å². The average molecular weight is 384 g/mol. The van der Waals surface area contributed by atoms with Crippen molar-refractivity contribution >= 4 is 5.91 Å². The number of ether oxygens (including phenoxy) is 2. The van der Waals surface area contributed by atoms with Crippen molar-refractivity contribution in [2.45, 2.75) is 44.2 Å². The highest BCUT2D eigenvalue weighted by Crippen LogP contribution is 2.39. The number of hydrogen-bond donors (Lipinski definition) is 3. The molecule has 1 aromatic heterocycles. The molecule has 7 nitrogen and oxygen atoms in total. The second kappa shape index (κ2) is 7.83. The second-order valence-corrected chi connectivity index (χ2v) is 7.92. The van der Waals surface area contributed by atoms with Crippen molar-refractivity contribution in [2.24, 2.45) is 17.6 Å². The molecule has 4 rings (SSSR count). The molecule has 1 heterocycles. The lowest BCUT2D eigenvalue weighted by Crippen LogP contribution is -2.53. The Balaban J connectivity index is 1.49. The lowest BCUT2D eigenvalue weighted by molar-refractivity contribution is 0.0751. The van der Waals surface area contributed by atoms with Crippen LogP contribution >= 0.6 is 0 Å². The molecule has 2 saturated carbocycles. The Hall–Kier alpha value is -2.54. The van der Waals surface area contributed by atoms with Gasteiger partial charge >= 0.3 is 0 Å². The van der Waals surface area contributed by atoms with Gasteiger partial charge in [-0.3, -0.25) is 9.89 Å². The van der Waals surface area contributed by atoms with E-state index in [-0.39, 0.29) is 18.0 Å². The summed E-state index contributed by atoms with van der Waals surface area (Å²) in [6, 6.07) is 7.84. The monoisotopic (exact) mass is 384 g/mol. The zero-order chi connectivity index (χ0) is 19.7. The number of nitrogens with zero attached hydrogens (tertiary/aromatic N) is 1. The summed E-state index contributed by atoms with van der Waals surface area (Å²) < 4.78 is 10.6. The van der Waals surface area contributed by atoms with E-state index in [1.54, 1.807) is 20.3 Å². The van der Waals surface area contributed by atoms with Crippen molar-refractivity contribution in [1.82, 2.24) is 15.5 Å². The predicted octanol–water partition coefficient (Wildman–Crippen LogP) is 2.73. The third kappa shape index (κ3) is 3.58. The number of rotatable bonds is 5. The Morgan fingerprint density at radius 3 is 2.54 bits per heavy atom. The first-order valence-corrected chi connectivity index (χ1v) is 9.93. The van der Waals surface area contributed by atoms with Crippen LogP contribution < -0.4 is 20.5 Å². The van der Waals surface area contributed by atoms with Crippen LogP contribution in [0.2, 0.25) is 0 Å². The van der Waals surface area contributed by atoms with Crippen molar-refractivity contribution in [3.05, 3.63) is 30.0 Å². The number of carbonyl (C=O) groups is 1. The molecule has 2 fully saturated rings. The number of benzene rings is 1. The van der Waals surface area contributed by atoms with E-state index in [2.05, 4.69) is 15.5 Å². The number of fused-ring (bicyclic) bond motifs is 2. The summed E-state index contributed by atoms with van der Waals surface area (Å²) in [7, 11) is 3.19. The van der Waals surface area contributed by atoms with Crippen molar-refractivity contribution in [1.29, 1.82) is 0 Å². The van der Waals surface area contributed by atoms with Crippen LogP contribution in [0.5, 0.6) is 11.5 Å². The molecule has 150 valence electrons. The molecule has 2 aliphatic rings.